The predicted molar refractivity (Wildman–Crippen MR) is 72.1 cm³/mol. The van der Waals surface area contributed by atoms with Crippen molar-refractivity contribution in [3.05, 3.63) is 0 Å². The molecule has 3 N–H and O–H groups in total. The number of sulfone groups is 1. The molecule has 0 aliphatic rings. The molecule has 0 rings (SSSR count). The third-order valence-corrected chi connectivity index (χ3v) is 4.67. The van der Waals surface area contributed by atoms with Gasteiger partial charge >= 0.3 is 0 Å². The summed E-state index contributed by atoms with van der Waals surface area (Å²) in [7, 11) is -2.86. The molecule has 0 aliphatic carbocycles. The van der Waals surface area contributed by atoms with Crippen LogP contribution in [-0.4, -0.2) is 50.3 Å². The number of nitrogens with zero attached hydrogens (tertiary/aromatic N) is 1. The molecule has 102 valence electrons. The van der Waals surface area contributed by atoms with Gasteiger partial charge in [0.2, 0.25) is 0 Å². The summed E-state index contributed by atoms with van der Waals surface area (Å²) in [4.78, 5) is 2.14. The van der Waals surface area contributed by atoms with E-state index in [9.17, 15) is 8.42 Å². The lowest BCUT2D eigenvalue weighted by molar-refractivity contribution is 0.272. The van der Waals surface area contributed by atoms with Gasteiger partial charge < -0.3 is 10.6 Å². The van der Waals surface area contributed by atoms with Gasteiger partial charge in [0.05, 0.1) is 11.6 Å². The molecule has 0 saturated heterocycles. The number of hydrogen-bond donors (Lipinski definition) is 2. The van der Waals surface area contributed by atoms with E-state index in [4.69, 9.17) is 11.1 Å². The minimum atomic E-state index is -2.86. The van der Waals surface area contributed by atoms with E-state index < -0.39 is 9.84 Å². The summed E-state index contributed by atoms with van der Waals surface area (Å²) >= 11 is 0. The molecule has 0 aliphatic heterocycles. The molecule has 5 nitrogen and oxygen atoms in total. The molecular weight excluding hydrogens is 238 g/mol. The molecular formula is C11H25N3O2S. The van der Waals surface area contributed by atoms with Crippen LogP contribution < -0.4 is 5.73 Å². The predicted octanol–water partition coefficient (Wildman–Crippen LogP) is 0.705. The smallest absolute Gasteiger partial charge is 0.150 e. The summed E-state index contributed by atoms with van der Waals surface area (Å²) in [5, 5.41) is 7.33. The van der Waals surface area contributed by atoms with E-state index in [-0.39, 0.29) is 23.3 Å². The van der Waals surface area contributed by atoms with E-state index in [1.807, 2.05) is 13.8 Å². The standard InChI is InChI=1S/C11H25N3O2S/c1-4-14(9-10(3)11(12)13)7-6-8-17(15,16)5-2/h10H,4-9H2,1-3H3,(H3,12,13). The van der Waals surface area contributed by atoms with E-state index in [0.717, 1.165) is 19.6 Å². The highest BCUT2D eigenvalue weighted by Crippen LogP contribution is 2.02. The van der Waals surface area contributed by atoms with Crippen LogP contribution in [-0.2, 0) is 9.84 Å². The van der Waals surface area contributed by atoms with Gasteiger partial charge in [0.1, 0.15) is 9.84 Å². The van der Waals surface area contributed by atoms with Crippen LogP contribution in [0.4, 0.5) is 0 Å². The zero-order valence-electron chi connectivity index (χ0n) is 11.1. The first-order valence-corrected chi connectivity index (χ1v) is 7.91. The number of rotatable bonds is 9. The first kappa shape index (κ1) is 16.4. The van der Waals surface area contributed by atoms with Crippen LogP contribution in [0.1, 0.15) is 27.2 Å². The zero-order chi connectivity index (χ0) is 13.5. The van der Waals surface area contributed by atoms with Crippen molar-refractivity contribution in [3.8, 4) is 0 Å². The fraction of sp³-hybridized carbons (Fsp3) is 0.909. The molecule has 0 saturated carbocycles. The van der Waals surface area contributed by atoms with Crippen LogP contribution in [0, 0.1) is 11.3 Å². The van der Waals surface area contributed by atoms with Crippen molar-refractivity contribution in [3.63, 3.8) is 0 Å². The van der Waals surface area contributed by atoms with Gasteiger partial charge in [0.25, 0.3) is 0 Å². The van der Waals surface area contributed by atoms with E-state index in [1.54, 1.807) is 6.92 Å². The van der Waals surface area contributed by atoms with Crippen molar-refractivity contribution in [1.82, 2.24) is 4.90 Å². The summed E-state index contributed by atoms with van der Waals surface area (Å²) in [6, 6.07) is 0. The molecule has 0 aromatic heterocycles. The molecule has 0 aromatic rings. The van der Waals surface area contributed by atoms with E-state index in [2.05, 4.69) is 4.90 Å². The molecule has 6 heteroatoms. The maximum Gasteiger partial charge on any atom is 0.150 e. The maximum atomic E-state index is 11.3. The number of nitrogens with one attached hydrogen (secondary N) is 1. The SMILES string of the molecule is CCN(CCCS(=O)(=O)CC)CC(C)C(=N)N. The second-order valence-electron chi connectivity index (χ2n) is 4.34. The molecule has 17 heavy (non-hydrogen) atoms. The summed E-state index contributed by atoms with van der Waals surface area (Å²) in [5.74, 6) is 0.666. The van der Waals surface area contributed by atoms with Crippen LogP contribution in [0.25, 0.3) is 0 Å². The zero-order valence-corrected chi connectivity index (χ0v) is 11.9. The Morgan fingerprint density at radius 3 is 2.41 bits per heavy atom. The van der Waals surface area contributed by atoms with Crippen LogP contribution >= 0.6 is 0 Å². The van der Waals surface area contributed by atoms with E-state index in [0.29, 0.717) is 6.42 Å². The summed E-state index contributed by atoms with van der Waals surface area (Å²) in [6.45, 7) is 7.93. The van der Waals surface area contributed by atoms with Gasteiger partial charge in [-0.15, -0.1) is 0 Å². The molecule has 0 spiro atoms. The Morgan fingerprint density at radius 2 is 2.00 bits per heavy atom. The van der Waals surface area contributed by atoms with Gasteiger partial charge in [-0.25, -0.2) is 8.42 Å². The van der Waals surface area contributed by atoms with Crippen LogP contribution in [0.15, 0.2) is 0 Å². The third kappa shape index (κ3) is 7.33. The van der Waals surface area contributed by atoms with E-state index >= 15 is 0 Å². The van der Waals surface area contributed by atoms with Crippen molar-refractivity contribution in [2.75, 3.05) is 31.1 Å². The lowest BCUT2D eigenvalue weighted by Crippen LogP contribution is -2.35. The van der Waals surface area contributed by atoms with Gasteiger partial charge in [0.15, 0.2) is 0 Å². The average Bonchev–Trinajstić information content (AvgIpc) is 2.27. The second kappa shape index (κ2) is 7.66. The van der Waals surface area contributed by atoms with Crippen molar-refractivity contribution in [1.29, 1.82) is 5.41 Å². The monoisotopic (exact) mass is 263 g/mol. The normalized spacial score (nSPS) is 13.9. The molecule has 1 atom stereocenters. The first-order chi connectivity index (χ1) is 7.82. The van der Waals surface area contributed by atoms with Crippen LogP contribution in [0.2, 0.25) is 0 Å². The summed E-state index contributed by atoms with van der Waals surface area (Å²) < 4.78 is 22.7. The average molecular weight is 263 g/mol. The highest BCUT2D eigenvalue weighted by Gasteiger charge is 2.12. The Labute approximate surface area is 105 Å². The van der Waals surface area contributed by atoms with Gasteiger partial charge in [-0.05, 0) is 19.5 Å². The first-order valence-electron chi connectivity index (χ1n) is 6.09. The van der Waals surface area contributed by atoms with E-state index in [1.165, 1.54) is 0 Å². The topological polar surface area (TPSA) is 87.2 Å². The van der Waals surface area contributed by atoms with Crippen molar-refractivity contribution in [2.45, 2.75) is 27.2 Å². The van der Waals surface area contributed by atoms with Crippen molar-refractivity contribution in [2.24, 2.45) is 11.7 Å². The highest BCUT2D eigenvalue weighted by atomic mass is 32.2. The Kier molecular flexibility index (Phi) is 7.38. The lowest BCUT2D eigenvalue weighted by Gasteiger charge is -2.23. The minimum Gasteiger partial charge on any atom is -0.387 e. The Morgan fingerprint density at radius 1 is 1.41 bits per heavy atom. The molecule has 0 amide bonds. The summed E-state index contributed by atoms with van der Waals surface area (Å²) in [5.41, 5.74) is 5.42. The number of hydrogen-bond acceptors (Lipinski definition) is 4. The molecule has 1 unspecified atom stereocenters. The molecule has 0 bridgehead atoms. The third-order valence-electron chi connectivity index (χ3n) is 2.88. The molecule has 0 radical (unpaired) electrons. The second-order valence-corrected chi connectivity index (χ2v) is 6.81. The maximum absolute atomic E-state index is 11.3. The van der Waals surface area contributed by atoms with Gasteiger partial charge in [0, 0.05) is 18.2 Å². The minimum absolute atomic E-state index is 0.0257. The van der Waals surface area contributed by atoms with Gasteiger partial charge in [-0.1, -0.05) is 20.8 Å². The number of nitrogens with two attached hydrogens (primary N) is 1. The van der Waals surface area contributed by atoms with Gasteiger partial charge in [-0.3, -0.25) is 5.41 Å². The largest absolute Gasteiger partial charge is 0.387 e. The molecule has 0 aromatic carbocycles. The summed E-state index contributed by atoms with van der Waals surface area (Å²) in [6.07, 6.45) is 0.647. The Hall–Kier alpha value is -0.620. The Balaban J connectivity index is 4.03. The van der Waals surface area contributed by atoms with Crippen LogP contribution in [0.5, 0.6) is 0 Å². The Bertz CT molecular complexity index is 328. The van der Waals surface area contributed by atoms with Crippen molar-refractivity contribution >= 4 is 15.7 Å². The highest BCUT2D eigenvalue weighted by molar-refractivity contribution is 7.91. The fourth-order valence-corrected chi connectivity index (χ4v) is 2.37. The fourth-order valence-electron chi connectivity index (χ4n) is 1.52. The lowest BCUT2D eigenvalue weighted by atomic mass is 10.1. The number of amidine groups is 1. The van der Waals surface area contributed by atoms with Gasteiger partial charge in [-0.2, -0.15) is 0 Å². The molecule has 0 fully saturated rings. The quantitative estimate of drug-likeness (QED) is 0.473. The van der Waals surface area contributed by atoms with Crippen LogP contribution in [0.3, 0.4) is 0 Å². The van der Waals surface area contributed by atoms with Crippen molar-refractivity contribution < 1.29 is 8.42 Å². The molecule has 0 heterocycles.